The van der Waals surface area contributed by atoms with Crippen LogP contribution in [0.1, 0.15) is 73.1 Å². The van der Waals surface area contributed by atoms with E-state index in [-0.39, 0.29) is 11.1 Å². The molecule has 248 valence electrons. The molecule has 3 aromatic carbocycles. The Hall–Kier alpha value is -4.20. The number of ether oxygens (including phenoxy) is 2. The molecule has 1 fully saturated rings. The number of halogens is 1. The highest BCUT2D eigenvalue weighted by molar-refractivity contribution is 7.15. The minimum absolute atomic E-state index is 0.0641. The summed E-state index contributed by atoms with van der Waals surface area (Å²) in [5.74, 6) is 1.09. The Morgan fingerprint density at radius 1 is 0.938 bits per heavy atom. The van der Waals surface area contributed by atoms with E-state index < -0.39 is 17.9 Å². The molecule has 0 radical (unpaired) electrons. The van der Waals surface area contributed by atoms with Gasteiger partial charge in [-0.15, -0.1) is 11.3 Å². The van der Waals surface area contributed by atoms with E-state index in [1.54, 1.807) is 17.4 Å². The fourth-order valence-electron chi connectivity index (χ4n) is 6.30. The molecule has 1 amide bonds. The van der Waals surface area contributed by atoms with Gasteiger partial charge in [-0.1, -0.05) is 88.4 Å². The zero-order chi connectivity index (χ0) is 33.8. The summed E-state index contributed by atoms with van der Waals surface area (Å²) in [5.41, 5.74) is 3.50. The molecule has 48 heavy (non-hydrogen) atoms. The molecule has 6 rings (SSSR count). The summed E-state index contributed by atoms with van der Waals surface area (Å²) in [4.78, 5) is 33.5. The Balaban J connectivity index is 1.25. The molecule has 2 aromatic heterocycles. The van der Waals surface area contributed by atoms with E-state index in [2.05, 4.69) is 38.2 Å². The Morgan fingerprint density at radius 3 is 2.33 bits per heavy atom. The van der Waals surface area contributed by atoms with Crippen molar-refractivity contribution in [2.75, 3.05) is 7.11 Å². The summed E-state index contributed by atoms with van der Waals surface area (Å²) in [6.45, 7) is 6.58. The number of methoxy groups -OCH3 is 1. The highest BCUT2D eigenvalue weighted by Gasteiger charge is 2.26. The number of rotatable bonds is 10. The number of pyridine rings is 1. The van der Waals surface area contributed by atoms with Crippen LogP contribution in [0.2, 0.25) is 5.02 Å². The van der Waals surface area contributed by atoms with E-state index >= 15 is 0 Å². The second-order valence-electron chi connectivity index (χ2n) is 13.6. The first-order valence-electron chi connectivity index (χ1n) is 16.5. The van der Waals surface area contributed by atoms with Crippen molar-refractivity contribution in [3.05, 3.63) is 112 Å². The lowest BCUT2D eigenvalue weighted by Crippen LogP contribution is -2.43. The second kappa shape index (κ2) is 14.5. The van der Waals surface area contributed by atoms with Crippen molar-refractivity contribution < 1.29 is 19.1 Å². The number of nitrogens with one attached hydrogen (secondary N) is 1. The van der Waals surface area contributed by atoms with Crippen molar-refractivity contribution in [3.63, 3.8) is 0 Å². The van der Waals surface area contributed by atoms with Crippen LogP contribution in [0.4, 0.5) is 0 Å². The Bertz CT molecular complexity index is 1910. The lowest BCUT2D eigenvalue weighted by atomic mass is 9.87. The molecule has 0 saturated heterocycles. The minimum atomic E-state index is -0.865. The molecule has 0 unspecified atom stereocenters. The Morgan fingerprint density at radius 2 is 1.65 bits per heavy atom. The average molecular weight is 681 g/mol. The SMILES string of the molecule is COC(=O)[C@H](Cc1ccc(-c2ccc(Cl)cc2)s1)NC(=O)c1cc2ccc(Oc3ccc(C(C)(C)C)cc3)cc2c(CC2CCCC2)n1. The van der Waals surface area contributed by atoms with Gasteiger partial charge in [0.05, 0.1) is 7.11 Å². The minimum Gasteiger partial charge on any atom is -0.467 e. The van der Waals surface area contributed by atoms with Crippen molar-refractivity contribution in [3.8, 4) is 21.9 Å². The van der Waals surface area contributed by atoms with Gasteiger partial charge in [0.25, 0.3) is 5.91 Å². The van der Waals surface area contributed by atoms with Crippen LogP contribution in [-0.4, -0.2) is 30.0 Å². The summed E-state index contributed by atoms with van der Waals surface area (Å²) in [6.07, 6.45) is 5.81. The number of hydrogen-bond acceptors (Lipinski definition) is 6. The van der Waals surface area contributed by atoms with Crippen LogP contribution in [0.5, 0.6) is 11.5 Å². The maximum absolute atomic E-state index is 13.7. The van der Waals surface area contributed by atoms with Crippen molar-refractivity contribution in [1.29, 1.82) is 0 Å². The number of aromatic nitrogens is 1. The van der Waals surface area contributed by atoms with Crippen LogP contribution >= 0.6 is 22.9 Å². The van der Waals surface area contributed by atoms with Gasteiger partial charge >= 0.3 is 5.97 Å². The first-order valence-corrected chi connectivity index (χ1v) is 17.7. The molecule has 1 atom stereocenters. The summed E-state index contributed by atoms with van der Waals surface area (Å²) in [7, 11) is 1.33. The number of carbonyl (C=O) groups excluding carboxylic acids is 2. The second-order valence-corrected chi connectivity index (χ2v) is 15.2. The predicted molar refractivity (Wildman–Crippen MR) is 194 cm³/mol. The topological polar surface area (TPSA) is 77.5 Å². The summed E-state index contributed by atoms with van der Waals surface area (Å²) in [5, 5.41) is 5.47. The standard InChI is InChI=1S/C40H41ClN2O4S/c1-40(2,3)28-12-17-30(18-13-28)47-31-16-11-27-22-35(42-34(33(27)23-31)21-25-7-5-6-8-25)38(44)43-36(39(45)46-4)24-32-19-20-37(48-32)26-9-14-29(41)15-10-26/h9-20,22-23,25,36H,5-8,21,24H2,1-4H3,(H,43,44)/t36-/m0/s1. The smallest absolute Gasteiger partial charge is 0.328 e. The van der Waals surface area contributed by atoms with E-state index in [1.165, 1.54) is 25.5 Å². The highest BCUT2D eigenvalue weighted by Crippen LogP contribution is 2.34. The first kappa shape index (κ1) is 33.7. The van der Waals surface area contributed by atoms with Gasteiger partial charge in [0.1, 0.15) is 23.2 Å². The zero-order valence-corrected chi connectivity index (χ0v) is 29.4. The summed E-state index contributed by atoms with van der Waals surface area (Å²) < 4.78 is 11.4. The molecule has 0 aliphatic heterocycles. The third kappa shape index (κ3) is 8.08. The molecule has 0 spiro atoms. The zero-order valence-electron chi connectivity index (χ0n) is 27.8. The predicted octanol–water partition coefficient (Wildman–Crippen LogP) is 9.95. The van der Waals surface area contributed by atoms with Crippen LogP contribution in [0.3, 0.4) is 0 Å². The molecule has 0 bridgehead atoms. The van der Waals surface area contributed by atoms with Crippen molar-refractivity contribution in [2.24, 2.45) is 5.92 Å². The fraction of sp³-hybridized carbons (Fsp3) is 0.325. The van der Waals surface area contributed by atoms with Gasteiger partial charge in [-0.2, -0.15) is 0 Å². The Kier molecular flexibility index (Phi) is 10.2. The van der Waals surface area contributed by atoms with E-state index in [9.17, 15) is 9.59 Å². The molecule has 6 nitrogen and oxygen atoms in total. The summed E-state index contributed by atoms with van der Waals surface area (Å²) in [6, 6.07) is 26.7. The number of thiophene rings is 1. The van der Waals surface area contributed by atoms with Gasteiger partial charge in [0.2, 0.25) is 0 Å². The Labute approximate surface area is 291 Å². The summed E-state index contributed by atoms with van der Waals surface area (Å²) >= 11 is 7.63. The monoisotopic (exact) mass is 680 g/mol. The number of esters is 1. The van der Waals surface area contributed by atoms with Gasteiger partial charge in [-0.3, -0.25) is 4.79 Å². The van der Waals surface area contributed by atoms with Crippen molar-refractivity contribution >= 4 is 45.6 Å². The maximum atomic E-state index is 13.7. The van der Waals surface area contributed by atoms with Gasteiger partial charge in [0, 0.05) is 32.3 Å². The lowest BCUT2D eigenvalue weighted by Gasteiger charge is -2.19. The molecule has 1 aliphatic rings. The molecular weight excluding hydrogens is 640 g/mol. The molecular formula is C40H41ClN2O4S. The van der Waals surface area contributed by atoms with Gasteiger partial charge in [-0.25, -0.2) is 9.78 Å². The molecule has 8 heteroatoms. The number of amides is 1. The highest BCUT2D eigenvalue weighted by atomic mass is 35.5. The number of fused-ring (bicyclic) bond motifs is 1. The van der Waals surface area contributed by atoms with Gasteiger partial charge in [-0.05, 0) is 88.9 Å². The maximum Gasteiger partial charge on any atom is 0.328 e. The van der Waals surface area contributed by atoms with Crippen LogP contribution in [0.15, 0.2) is 84.9 Å². The van der Waals surface area contributed by atoms with Crippen LogP contribution < -0.4 is 10.1 Å². The third-order valence-electron chi connectivity index (χ3n) is 9.02. The fourth-order valence-corrected chi connectivity index (χ4v) is 7.49. The van der Waals surface area contributed by atoms with E-state index in [1.807, 2.05) is 66.7 Å². The first-order chi connectivity index (χ1) is 23.1. The number of hydrogen-bond donors (Lipinski definition) is 1. The largest absolute Gasteiger partial charge is 0.467 e. The number of nitrogens with zero attached hydrogens (tertiary/aromatic N) is 1. The lowest BCUT2D eigenvalue weighted by molar-refractivity contribution is -0.142. The van der Waals surface area contributed by atoms with Gasteiger partial charge in [0.15, 0.2) is 0 Å². The van der Waals surface area contributed by atoms with E-state index in [0.717, 1.165) is 62.5 Å². The van der Waals surface area contributed by atoms with Crippen molar-refractivity contribution in [1.82, 2.24) is 10.3 Å². The van der Waals surface area contributed by atoms with Crippen LogP contribution in [-0.2, 0) is 27.8 Å². The number of carbonyl (C=O) groups is 2. The average Bonchev–Trinajstić information content (AvgIpc) is 3.77. The number of benzene rings is 3. The van der Waals surface area contributed by atoms with E-state index in [4.69, 9.17) is 26.1 Å². The van der Waals surface area contributed by atoms with Crippen LogP contribution in [0.25, 0.3) is 21.2 Å². The molecule has 1 aliphatic carbocycles. The third-order valence-corrected chi connectivity index (χ3v) is 10.4. The van der Waals surface area contributed by atoms with E-state index in [0.29, 0.717) is 17.4 Å². The molecule has 5 aromatic rings. The van der Waals surface area contributed by atoms with Gasteiger partial charge < -0.3 is 14.8 Å². The molecule has 1 saturated carbocycles. The van der Waals surface area contributed by atoms with Crippen LogP contribution in [0, 0.1) is 5.92 Å². The quantitative estimate of drug-likeness (QED) is 0.149. The normalized spacial score (nSPS) is 14.2. The molecule has 2 heterocycles. The van der Waals surface area contributed by atoms with Crippen molar-refractivity contribution in [2.45, 2.75) is 70.8 Å². The molecule has 1 N–H and O–H groups in total.